The van der Waals surface area contributed by atoms with Crippen molar-refractivity contribution in [3.05, 3.63) is 36.8 Å². The summed E-state index contributed by atoms with van der Waals surface area (Å²) in [6.07, 6.45) is 10.6. The van der Waals surface area contributed by atoms with E-state index in [4.69, 9.17) is 0 Å². The van der Waals surface area contributed by atoms with Crippen LogP contribution >= 0.6 is 0 Å². The number of nitrogens with one attached hydrogen (secondary N) is 1. The number of hydrogen-bond donors (Lipinski definition) is 1. The van der Waals surface area contributed by atoms with Crippen LogP contribution in [0.5, 0.6) is 0 Å². The van der Waals surface area contributed by atoms with Gasteiger partial charge in [0.15, 0.2) is 0 Å². The Kier molecular flexibility index (Phi) is 4.55. The third-order valence-corrected chi connectivity index (χ3v) is 4.37. The lowest BCUT2D eigenvalue weighted by atomic mass is 10.0. The third kappa shape index (κ3) is 3.49. The average molecular weight is 314 g/mol. The highest BCUT2D eigenvalue weighted by atomic mass is 16.2. The molecule has 0 aromatic carbocycles. The Balaban J connectivity index is 1.52. The maximum Gasteiger partial charge on any atom is 0.243 e. The van der Waals surface area contributed by atoms with E-state index in [-0.39, 0.29) is 18.0 Å². The first-order valence-electron chi connectivity index (χ1n) is 7.96. The van der Waals surface area contributed by atoms with Gasteiger partial charge >= 0.3 is 0 Å². The van der Waals surface area contributed by atoms with E-state index in [1.165, 1.54) is 0 Å². The van der Waals surface area contributed by atoms with E-state index in [1.54, 1.807) is 24.8 Å². The van der Waals surface area contributed by atoms with Crippen LogP contribution in [0, 0.1) is 6.92 Å². The number of anilines is 1. The first-order chi connectivity index (χ1) is 11.1. The maximum atomic E-state index is 12.4. The van der Waals surface area contributed by atoms with Crippen LogP contribution in [-0.2, 0) is 4.79 Å². The third-order valence-electron chi connectivity index (χ3n) is 4.37. The summed E-state index contributed by atoms with van der Waals surface area (Å²) in [6.45, 7) is 5.56. The van der Waals surface area contributed by atoms with Gasteiger partial charge in [-0.15, -0.1) is 0 Å². The van der Waals surface area contributed by atoms with Crippen molar-refractivity contribution >= 4 is 11.7 Å². The molecule has 0 unspecified atom stereocenters. The van der Waals surface area contributed by atoms with Gasteiger partial charge in [0.25, 0.3) is 0 Å². The SMILES string of the molecule is Cc1nccn1[C@H](C)C(=O)NC1CCN(c2cnccn2)CC1. The quantitative estimate of drug-likeness (QED) is 0.921. The highest BCUT2D eigenvalue weighted by Gasteiger charge is 2.24. The molecule has 1 N–H and O–H groups in total. The predicted octanol–water partition coefficient (Wildman–Crippen LogP) is 1.33. The molecule has 0 spiro atoms. The lowest BCUT2D eigenvalue weighted by Crippen LogP contribution is -2.46. The second-order valence-corrected chi connectivity index (χ2v) is 5.89. The van der Waals surface area contributed by atoms with Crippen molar-refractivity contribution in [1.82, 2.24) is 24.8 Å². The summed E-state index contributed by atoms with van der Waals surface area (Å²) < 4.78 is 1.89. The van der Waals surface area contributed by atoms with Crippen molar-refractivity contribution in [3.8, 4) is 0 Å². The summed E-state index contributed by atoms with van der Waals surface area (Å²) in [6, 6.07) is -0.0304. The number of rotatable bonds is 4. The van der Waals surface area contributed by atoms with E-state index in [2.05, 4.69) is 25.2 Å². The van der Waals surface area contributed by atoms with Gasteiger partial charge in [-0.3, -0.25) is 9.78 Å². The van der Waals surface area contributed by atoms with E-state index >= 15 is 0 Å². The Morgan fingerprint density at radius 3 is 2.65 bits per heavy atom. The molecule has 122 valence electrons. The minimum Gasteiger partial charge on any atom is -0.355 e. The lowest BCUT2D eigenvalue weighted by Gasteiger charge is -2.33. The monoisotopic (exact) mass is 314 g/mol. The number of hydrogen-bond acceptors (Lipinski definition) is 5. The van der Waals surface area contributed by atoms with Crippen LogP contribution < -0.4 is 10.2 Å². The number of aryl methyl sites for hydroxylation is 1. The highest BCUT2D eigenvalue weighted by Crippen LogP contribution is 2.17. The van der Waals surface area contributed by atoms with Crippen molar-refractivity contribution in [3.63, 3.8) is 0 Å². The van der Waals surface area contributed by atoms with Crippen molar-refractivity contribution in [1.29, 1.82) is 0 Å². The number of nitrogens with zero attached hydrogens (tertiary/aromatic N) is 5. The zero-order chi connectivity index (χ0) is 16.2. The van der Waals surface area contributed by atoms with Crippen molar-refractivity contribution in [2.24, 2.45) is 0 Å². The van der Waals surface area contributed by atoms with Gasteiger partial charge in [-0.05, 0) is 26.7 Å². The molecule has 7 nitrogen and oxygen atoms in total. The molecular weight excluding hydrogens is 292 g/mol. The zero-order valence-corrected chi connectivity index (χ0v) is 13.5. The molecule has 7 heteroatoms. The van der Waals surface area contributed by atoms with Crippen molar-refractivity contribution in [2.45, 2.75) is 38.8 Å². The number of carbonyl (C=O) groups is 1. The largest absolute Gasteiger partial charge is 0.355 e. The fourth-order valence-corrected chi connectivity index (χ4v) is 2.95. The van der Waals surface area contributed by atoms with Gasteiger partial charge in [0.2, 0.25) is 5.91 Å². The number of aromatic nitrogens is 4. The Bertz CT molecular complexity index is 648. The number of amides is 1. The second-order valence-electron chi connectivity index (χ2n) is 5.89. The molecule has 0 bridgehead atoms. The molecule has 1 aliphatic rings. The molecule has 1 atom stereocenters. The van der Waals surface area contributed by atoms with Gasteiger partial charge in [-0.25, -0.2) is 9.97 Å². The molecule has 0 radical (unpaired) electrons. The van der Waals surface area contributed by atoms with Crippen molar-refractivity contribution < 1.29 is 4.79 Å². The van der Waals surface area contributed by atoms with Crippen LogP contribution in [-0.4, -0.2) is 44.6 Å². The summed E-state index contributed by atoms with van der Waals surface area (Å²) in [5.74, 6) is 1.80. The van der Waals surface area contributed by atoms with Gasteiger partial charge < -0.3 is 14.8 Å². The fraction of sp³-hybridized carbons (Fsp3) is 0.500. The molecule has 2 aromatic heterocycles. The number of piperidine rings is 1. The van der Waals surface area contributed by atoms with E-state index < -0.39 is 0 Å². The Hall–Kier alpha value is -2.44. The molecule has 1 amide bonds. The molecule has 1 saturated heterocycles. The molecule has 3 heterocycles. The predicted molar refractivity (Wildman–Crippen MR) is 87.1 cm³/mol. The zero-order valence-electron chi connectivity index (χ0n) is 13.5. The molecule has 23 heavy (non-hydrogen) atoms. The summed E-state index contributed by atoms with van der Waals surface area (Å²) in [5, 5.41) is 3.16. The highest BCUT2D eigenvalue weighted by molar-refractivity contribution is 5.80. The van der Waals surface area contributed by atoms with Gasteiger partial charge in [0.05, 0.1) is 6.20 Å². The molecule has 1 fully saturated rings. The Labute approximate surface area is 135 Å². The Morgan fingerprint density at radius 2 is 2.04 bits per heavy atom. The molecule has 0 saturated carbocycles. The molecule has 1 aliphatic heterocycles. The van der Waals surface area contributed by atoms with Crippen molar-refractivity contribution in [2.75, 3.05) is 18.0 Å². The summed E-state index contributed by atoms with van der Waals surface area (Å²) in [7, 11) is 0. The standard InChI is InChI=1S/C16H22N6O/c1-12(22-10-7-18-13(22)2)16(23)20-14-3-8-21(9-4-14)15-11-17-5-6-19-15/h5-7,10-12,14H,3-4,8-9H2,1-2H3,(H,20,23)/t12-/m1/s1. The lowest BCUT2D eigenvalue weighted by molar-refractivity contribution is -0.124. The van der Waals surface area contributed by atoms with E-state index in [1.807, 2.05) is 24.6 Å². The molecular formula is C16H22N6O. The van der Waals surface area contributed by atoms with Crippen LogP contribution in [0.25, 0.3) is 0 Å². The minimum atomic E-state index is -0.240. The maximum absolute atomic E-state index is 12.4. The van der Waals surface area contributed by atoms with Gasteiger partial charge in [0.1, 0.15) is 17.7 Å². The van der Waals surface area contributed by atoms with E-state index in [9.17, 15) is 4.79 Å². The van der Waals surface area contributed by atoms with Crippen LogP contribution in [0.3, 0.4) is 0 Å². The fourth-order valence-electron chi connectivity index (χ4n) is 2.95. The summed E-state index contributed by atoms with van der Waals surface area (Å²) in [5.41, 5.74) is 0. The normalized spacial score (nSPS) is 17.0. The Morgan fingerprint density at radius 1 is 1.26 bits per heavy atom. The van der Waals surface area contributed by atoms with Gasteiger partial charge in [0, 0.05) is 43.9 Å². The van der Waals surface area contributed by atoms with Crippen LogP contribution in [0.1, 0.15) is 31.6 Å². The van der Waals surface area contributed by atoms with E-state index in [0.29, 0.717) is 0 Å². The van der Waals surface area contributed by atoms with Gasteiger partial charge in [-0.1, -0.05) is 0 Å². The number of carbonyl (C=O) groups excluding carboxylic acids is 1. The van der Waals surface area contributed by atoms with Crippen LogP contribution in [0.4, 0.5) is 5.82 Å². The average Bonchev–Trinajstić information content (AvgIpc) is 3.01. The second kappa shape index (κ2) is 6.76. The topological polar surface area (TPSA) is 75.9 Å². The molecule has 0 aliphatic carbocycles. The number of imidazole rings is 1. The van der Waals surface area contributed by atoms with Crippen LogP contribution in [0.15, 0.2) is 31.0 Å². The summed E-state index contributed by atoms with van der Waals surface area (Å²) in [4.78, 5) is 27.2. The smallest absolute Gasteiger partial charge is 0.243 e. The first kappa shape index (κ1) is 15.5. The first-order valence-corrected chi connectivity index (χ1v) is 7.96. The molecule has 3 rings (SSSR count). The molecule has 2 aromatic rings. The summed E-state index contributed by atoms with van der Waals surface area (Å²) >= 11 is 0. The van der Waals surface area contributed by atoms with E-state index in [0.717, 1.165) is 37.6 Å². The van der Waals surface area contributed by atoms with Crippen LogP contribution in [0.2, 0.25) is 0 Å². The van der Waals surface area contributed by atoms with Gasteiger partial charge in [-0.2, -0.15) is 0 Å². The minimum absolute atomic E-state index is 0.0454.